The summed E-state index contributed by atoms with van der Waals surface area (Å²) in [6.45, 7) is 6.14. The lowest BCUT2D eigenvalue weighted by Crippen LogP contribution is -2.23. The van der Waals surface area contributed by atoms with Crippen molar-refractivity contribution in [3.63, 3.8) is 0 Å². The molecule has 0 aliphatic heterocycles. The maximum atomic E-state index is 13.1. The fourth-order valence-electron chi connectivity index (χ4n) is 2.35. The molecule has 2 nitrogen and oxygen atoms in total. The molecular formula is C16H23FN2. The molecule has 0 radical (unpaired) electrons. The maximum absolute atomic E-state index is 13.1. The van der Waals surface area contributed by atoms with Crippen molar-refractivity contribution < 1.29 is 4.39 Å². The third-order valence-electron chi connectivity index (χ3n) is 3.79. The number of unbranched alkanes of at least 4 members (excludes halogenated alkanes) is 1. The third kappa shape index (κ3) is 3.57. The minimum atomic E-state index is -0.171. The number of nitrogens with zero attached hydrogens (tertiary/aromatic N) is 1. The van der Waals surface area contributed by atoms with Crippen LogP contribution in [-0.4, -0.2) is 11.1 Å². The van der Waals surface area contributed by atoms with Crippen molar-refractivity contribution in [3.05, 3.63) is 36.3 Å². The van der Waals surface area contributed by atoms with Crippen LogP contribution in [0.4, 0.5) is 4.39 Å². The van der Waals surface area contributed by atoms with Crippen molar-refractivity contribution in [1.82, 2.24) is 4.57 Å². The van der Waals surface area contributed by atoms with E-state index in [-0.39, 0.29) is 11.2 Å². The van der Waals surface area contributed by atoms with Crippen molar-refractivity contribution in [2.75, 3.05) is 6.54 Å². The van der Waals surface area contributed by atoms with Crippen molar-refractivity contribution in [2.24, 2.45) is 11.1 Å². The number of rotatable bonds is 6. The van der Waals surface area contributed by atoms with Gasteiger partial charge in [-0.05, 0) is 49.1 Å². The quantitative estimate of drug-likeness (QED) is 0.785. The molecule has 0 unspecified atom stereocenters. The summed E-state index contributed by atoms with van der Waals surface area (Å²) in [5.74, 6) is -0.171. The van der Waals surface area contributed by atoms with Crippen LogP contribution in [0.15, 0.2) is 30.5 Å². The smallest absolute Gasteiger partial charge is 0.123 e. The average Bonchev–Trinajstić information content (AvgIpc) is 2.77. The van der Waals surface area contributed by atoms with Gasteiger partial charge in [0.05, 0.1) is 0 Å². The Morgan fingerprint density at radius 3 is 2.74 bits per heavy atom. The van der Waals surface area contributed by atoms with E-state index in [9.17, 15) is 4.39 Å². The molecule has 1 aromatic heterocycles. The molecule has 2 aromatic rings. The summed E-state index contributed by atoms with van der Waals surface area (Å²) < 4.78 is 15.3. The van der Waals surface area contributed by atoms with E-state index >= 15 is 0 Å². The predicted octanol–water partition coefficient (Wildman–Crippen LogP) is 3.94. The van der Waals surface area contributed by atoms with Gasteiger partial charge in [0.2, 0.25) is 0 Å². The van der Waals surface area contributed by atoms with E-state index in [1.807, 2.05) is 18.3 Å². The number of aryl methyl sites for hydroxylation is 1. The van der Waals surface area contributed by atoms with Crippen LogP contribution >= 0.6 is 0 Å². The second kappa shape index (κ2) is 5.74. The van der Waals surface area contributed by atoms with Crippen LogP contribution in [0.2, 0.25) is 0 Å². The first-order chi connectivity index (χ1) is 9.02. The number of benzene rings is 1. The predicted molar refractivity (Wildman–Crippen MR) is 78.6 cm³/mol. The Kier molecular flexibility index (Phi) is 4.25. The van der Waals surface area contributed by atoms with Crippen LogP contribution in [0.1, 0.15) is 33.1 Å². The lowest BCUT2D eigenvalue weighted by Gasteiger charge is -2.21. The first-order valence-electron chi connectivity index (χ1n) is 6.96. The number of hydrogen-bond acceptors (Lipinski definition) is 1. The van der Waals surface area contributed by atoms with Gasteiger partial charge in [0.25, 0.3) is 0 Å². The highest BCUT2D eigenvalue weighted by Gasteiger charge is 2.14. The fraction of sp³-hybridized carbons (Fsp3) is 0.500. The van der Waals surface area contributed by atoms with Gasteiger partial charge in [-0.1, -0.05) is 20.3 Å². The number of aromatic nitrogens is 1. The molecule has 3 heteroatoms. The fourth-order valence-corrected chi connectivity index (χ4v) is 2.35. The molecular weight excluding hydrogens is 239 g/mol. The highest BCUT2D eigenvalue weighted by Crippen LogP contribution is 2.22. The highest BCUT2D eigenvalue weighted by atomic mass is 19.1. The van der Waals surface area contributed by atoms with Gasteiger partial charge in [0, 0.05) is 23.6 Å². The second-order valence-corrected chi connectivity index (χ2v) is 6.04. The van der Waals surface area contributed by atoms with Crippen molar-refractivity contribution >= 4 is 10.9 Å². The molecule has 0 aliphatic carbocycles. The molecule has 0 fully saturated rings. The molecule has 0 saturated heterocycles. The summed E-state index contributed by atoms with van der Waals surface area (Å²) in [6, 6.07) is 6.94. The zero-order valence-electron chi connectivity index (χ0n) is 11.8. The molecule has 2 N–H and O–H groups in total. The van der Waals surface area contributed by atoms with Gasteiger partial charge in [-0.25, -0.2) is 4.39 Å². The third-order valence-corrected chi connectivity index (χ3v) is 3.79. The monoisotopic (exact) mass is 262 g/mol. The standard InChI is InChI=1S/C16H23FN2/c1-16(2,12-18)8-3-4-9-19-10-7-13-11-14(17)5-6-15(13)19/h5-7,10-11H,3-4,8-9,12,18H2,1-2H3. The first kappa shape index (κ1) is 14.1. The van der Waals surface area contributed by atoms with Crippen molar-refractivity contribution in [2.45, 2.75) is 39.7 Å². The minimum Gasteiger partial charge on any atom is -0.347 e. The van der Waals surface area contributed by atoms with Crippen LogP contribution in [0.25, 0.3) is 10.9 Å². The highest BCUT2D eigenvalue weighted by molar-refractivity contribution is 5.80. The van der Waals surface area contributed by atoms with E-state index in [4.69, 9.17) is 5.73 Å². The van der Waals surface area contributed by atoms with E-state index in [1.54, 1.807) is 6.07 Å². The van der Waals surface area contributed by atoms with Gasteiger partial charge in [-0.15, -0.1) is 0 Å². The van der Waals surface area contributed by atoms with E-state index in [0.717, 1.165) is 36.8 Å². The summed E-state index contributed by atoms with van der Waals surface area (Å²) in [6.07, 6.45) is 5.49. The van der Waals surface area contributed by atoms with Crippen LogP contribution in [-0.2, 0) is 6.54 Å². The van der Waals surface area contributed by atoms with Crippen LogP contribution < -0.4 is 5.73 Å². The van der Waals surface area contributed by atoms with Crippen molar-refractivity contribution in [1.29, 1.82) is 0 Å². The van der Waals surface area contributed by atoms with Gasteiger partial charge in [0.1, 0.15) is 5.82 Å². The normalized spacial score (nSPS) is 12.2. The Morgan fingerprint density at radius 2 is 2.00 bits per heavy atom. The van der Waals surface area contributed by atoms with E-state index in [2.05, 4.69) is 18.4 Å². The van der Waals surface area contributed by atoms with Gasteiger partial charge < -0.3 is 10.3 Å². The van der Waals surface area contributed by atoms with E-state index in [1.165, 1.54) is 12.5 Å². The Hall–Kier alpha value is -1.35. The number of fused-ring (bicyclic) bond motifs is 1. The lowest BCUT2D eigenvalue weighted by molar-refractivity contribution is 0.329. The van der Waals surface area contributed by atoms with Gasteiger partial charge in [0.15, 0.2) is 0 Å². The Labute approximate surface area is 114 Å². The summed E-state index contributed by atoms with van der Waals surface area (Å²) in [5.41, 5.74) is 7.08. The van der Waals surface area contributed by atoms with Crippen LogP contribution in [0, 0.1) is 11.2 Å². The summed E-state index contributed by atoms with van der Waals surface area (Å²) in [7, 11) is 0. The second-order valence-electron chi connectivity index (χ2n) is 6.04. The summed E-state index contributed by atoms with van der Waals surface area (Å²) in [5, 5.41) is 0.974. The van der Waals surface area contributed by atoms with Gasteiger partial charge >= 0.3 is 0 Å². The molecule has 0 aliphatic rings. The zero-order valence-corrected chi connectivity index (χ0v) is 11.8. The van der Waals surface area contributed by atoms with E-state index < -0.39 is 0 Å². The van der Waals surface area contributed by atoms with Crippen molar-refractivity contribution in [3.8, 4) is 0 Å². The Morgan fingerprint density at radius 1 is 1.21 bits per heavy atom. The Balaban J connectivity index is 1.92. The molecule has 2 rings (SSSR count). The first-order valence-corrected chi connectivity index (χ1v) is 6.96. The molecule has 0 saturated carbocycles. The largest absolute Gasteiger partial charge is 0.347 e. The molecule has 1 heterocycles. The Bertz CT molecular complexity index is 543. The van der Waals surface area contributed by atoms with E-state index in [0.29, 0.717) is 0 Å². The number of hydrogen-bond donors (Lipinski definition) is 1. The number of halogens is 1. The van der Waals surface area contributed by atoms with Crippen LogP contribution in [0.3, 0.4) is 0 Å². The summed E-state index contributed by atoms with van der Waals surface area (Å²) in [4.78, 5) is 0. The number of nitrogens with two attached hydrogens (primary N) is 1. The molecule has 0 spiro atoms. The molecule has 104 valence electrons. The average molecular weight is 262 g/mol. The SMILES string of the molecule is CC(C)(CN)CCCCn1ccc2cc(F)ccc21. The van der Waals surface area contributed by atoms with Gasteiger partial charge in [-0.3, -0.25) is 0 Å². The summed E-state index contributed by atoms with van der Waals surface area (Å²) >= 11 is 0. The lowest BCUT2D eigenvalue weighted by atomic mass is 9.87. The maximum Gasteiger partial charge on any atom is 0.123 e. The minimum absolute atomic E-state index is 0.171. The van der Waals surface area contributed by atoms with Gasteiger partial charge in [-0.2, -0.15) is 0 Å². The molecule has 19 heavy (non-hydrogen) atoms. The zero-order chi connectivity index (χ0) is 13.9. The van der Waals surface area contributed by atoms with Crippen LogP contribution in [0.5, 0.6) is 0 Å². The molecule has 0 atom stereocenters. The molecule has 1 aromatic carbocycles. The topological polar surface area (TPSA) is 30.9 Å². The molecule has 0 bridgehead atoms. The molecule has 0 amide bonds.